The summed E-state index contributed by atoms with van der Waals surface area (Å²) in [4.78, 5) is 26.7. The van der Waals surface area contributed by atoms with E-state index in [4.69, 9.17) is 9.47 Å². The van der Waals surface area contributed by atoms with Crippen LogP contribution in [0.5, 0.6) is 11.5 Å². The summed E-state index contributed by atoms with van der Waals surface area (Å²) in [5.74, 6) is 0.894. The number of para-hydroxylation sites is 2. The van der Waals surface area contributed by atoms with E-state index in [0.29, 0.717) is 24.6 Å². The third kappa shape index (κ3) is 2.98. The minimum atomic E-state index is -0.392. The maximum Gasteiger partial charge on any atom is 0.229 e. The third-order valence-corrected chi connectivity index (χ3v) is 4.83. The second kappa shape index (κ2) is 6.71. The van der Waals surface area contributed by atoms with Crippen LogP contribution >= 0.6 is 0 Å². The van der Waals surface area contributed by atoms with Crippen molar-refractivity contribution in [3.63, 3.8) is 0 Å². The number of anilines is 2. The molecule has 0 radical (unpaired) electrons. The van der Waals surface area contributed by atoms with Gasteiger partial charge in [-0.15, -0.1) is 0 Å². The number of hydrogen-bond acceptors (Lipinski definition) is 4. The van der Waals surface area contributed by atoms with Crippen molar-refractivity contribution in [1.82, 2.24) is 0 Å². The van der Waals surface area contributed by atoms with E-state index in [0.717, 1.165) is 23.4 Å². The van der Waals surface area contributed by atoms with E-state index >= 15 is 0 Å². The van der Waals surface area contributed by atoms with Gasteiger partial charge in [0.05, 0.1) is 25.3 Å². The molecule has 4 rings (SSSR count). The fourth-order valence-corrected chi connectivity index (χ4v) is 3.48. The van der Waals surface area contributed by atoms with Gasteiger partial charge in [0.25, 0.3) is 0 Å². The van der Waals surface area contributed by atoms with Crippen LogP contribution in [0.3, 0.4) is 0 Å². The summed E-state index contributed by atoms with van der Waals surface area (Å²) < 4.78 is 10.8. The number of nitrogens with one attached hydrogen (secondary N) is 1. The van der Waals surface area contributed by atoms with Crippen molar-refractivity contribution in [2.24, 2.45) is 5.92 Å². The van der Waals surface area contributed by atoms with Gasteiger partial charge in [0.15, 0.2) is 0 Å². The van der Waals surface area contributed by atoms with Crippen LogP contribution in [0.15, 0.2) is 42.5 Å². The molecule has 2 amide bonds. The smallest absolute Gasteiger partial charge is 0.229 e. The largest absolute Gasteiger partial charge is 0.495 e. The normalized spacial score (nSPS) is 18.4. The van der Waals surface area contributed by atoms with E-state index in [1.54, 1.807) is 12.0 Å². The lowest BCUT2D eigenvalue weighted by atomic mass is 10.1. The second-order valence-corrected chi connectivity index (χ2v) is 6.49. The number of hydrogen-bond donors (Lipinski definition) is 1. The Bertz CT molecular complexity index is 865. The Kier molecular flexibility index (Phi) is 4.24. The number of amides is 2. The molecular formula is C20H20N2O4. The predicted molar refractivity (Wildman–Crippen MR) is 97.7 cm³/mol. The van der Waals surface area contributed by atoms with Crippen LogP contribution in [-0.4, -0.2) is 32.1 Å². The lowest BCUT2D eigenvalue weighted by Crippen LogP contribution is -2.28. The monoisotopic (exact) mass is 352 g/mol. The Morgan fingerprint density at radius 2 is 2.12 bits per heavy atom. The Hall–Kier alpha value is -3.02. The minimum Gasteiger partial charge on any atom is -0.495 e. The number of carbonyl (C=O) groups is 2. The molecular weight excluding hydrogens is 332 g/mol. The zero-order chi connectivity index (χ0) is 18.1. The van der Waals surface area contributed by atoms with Crippen molar-refractivity contribution in [3.8, 4) is 11.5 Å². The van der Waals surface area contributed by atoms with Gasteiger partial charge < -0.3 is 19.7 Å². The predicted octanol–water partition coefficient (Wildman–Crippen LogP) is 2.62. The molecule has 0 spiro atoms. The molecule has 2 aromatic rings. The maximum atomic E-state index is 12.6. The van der Waals surface area contributed by atoms with E-state index in [2.05, 4.69) is 5.32 Å². The molecule has 0 bridgehead atoms. The molecule has 0 aliphatic carbocycles. The summed E-state index contributed by atoms with van der Waals surface area (Å²) >= 11 is 0. The number of rotatable bonds is 4. The van der Waals surface area contributed by atoms with Crippen molar-refractivity contribution in [1.29, 1.82) is 0 Å². The molecule has 2 aromatic carbocycles. The number of ether oxygens (including phenoxy) is 2. The van der Waals surface area contributed by atoms with Gasteiger partial charge in [0.1, 0.15) is 11.5 Å². The highest BCUT2D eigenvalue weighted by molar-refractivity contribution is 6.04. The first-order valence-electron chi connectivity index (χ1n) is 8.65. The molecule has 1 unspecified atom stereocenters. The zero-order valence-electron chi connectivity index (χ0n) is 14.5. The van der Waals surface area contributed by atoms with Crippen LogP contribution in [0.2, 0.25) is 0 Å². The lowest BCUT2D eigenvalue weighted by molar-refractivity contribution is -0.122. The molecule has 2 heterocycles. The topological polar surface area (TPSA) is 67.9 Å². The van der Waals surface area contributed by atoms with Crippen molar-refractivity contribution in [2.45, 2.75) is 12.8 Å². The molecule has 26 heavy (non-hydrogen) atoms. The Labute approximate surface area is 151 Å². The molecule has 1 atom stereocenters. The maximum absolute atomic E-state index is 12.6. The average Bonchev–Trinajstić information content (AvgIpc) is 3.27. The van der Waals surface area contributed by atoms with Crippen LogP contribution in [0.4, 0.5) is 11.4 Å². The minimum absolute atomic E-state index is 0.0722. The SMILES string of the molecule is COc1ccccc1N1CC(C(=O)Nc2ccc3c(c2)CCO3)CC1=O. The standard InChI is InChI=1S/C20H20N2O4/c1-25-18-5-3-2-4-16(18)22-12-14(11-19(22)23)20(24)21-15-6-7-17-13(10-15)8-9-26-17/h2-7,10,14H,8-9,11-12H2,1H3,(H,21,24). The van der Waals surface area contributed by atoms with Crippen molar-refractivity contribution in [3.05, 3.63) is 48.0 Å². The Morgan fingerprint density at radius 3 is 2.96 bits per heavy atom. The van der Waals surface area contributed by atoms with Gasteiger partial charge in [-0.25, -0.2) is 0 Å². The van der Waals surface area contributed by atoms with Gasteiger partial charge in [-0.3, -0.25) is 9.59 Å². The van der Waals surface area contributed by atoms with E-state index < -0.39 is 5.92 Å². The Morgan fingerprint density at radius 1 is 1.27 bits per heavy atom. The first kappa shape index (κ1) is 16.4. The highest BCUT2D eigenvalue weighted by Crippen LogP contribution is 2.33. The second-order valence-electron chi connectivity index (χ2n) is 6.49. The van der Waals surface area contributed by atoms with E-state index in [1.807, 2.05) is 42.5 Å². The van der Waals surface area contributed by atoms with Gasteiger partial charge >= 0.3 is 0 Å². The van der Waals surface area contributed by atoms with Crippen molar-refractivity contribution < 1.29 is 19.1 Å². The van der Waals surface area contributed by atoms with Crippen LogP contribution in [0.1, 0.15) is 12.0 Å². The van der Waals surface area contributed by atoms with Gasteiger partial charge in [-0.1, -0.05) is 12.1 Å². The van der Waals surface area contributed by atoms with Crippen LogP contribution < -0.4 is 19.7 Å². The van der Waals surface area contributed by atoms with E-state index in [-0.39, 0.29) is 18.2 Å². The lowest BCUT2D eigenvalue weighted by Gasteiger charge is -2.19. The quantitative estimate of drug-likeness (QED) is 0.918. The highest BCUT2D eigenvalue weighted by Gasteiger charge is 2.36. The average molecular weight is 352 g/mol. The molecule has 134 valence electrons. The first-order chi connectivity index (χ1) is 12.7. The summed E-state index contributed by atoms with van der Waals surface area (Å²) in [7, 11) is 1.57. The molecule has 1 saturated heterocycles. The molecule has 6 nitrogen and oxygen atoms in total. The van der Waals surface area contributed by atoms with Crippen molar-refractivity contribution in [2.75, 3.05) is 30.5 Å². The zero-order valence-corrected chi connectivity index (χ0v) is 14.5. The van der Waals surface area contributed by atoms with Gasteiger partial charge in [-0.05, 0) is 35.9 Å². The summed E-state index contributed by atoms with van der Waals surface area (Å²) in [6.07, 6.45) is 1.04. The number of benzene rings is 2. The van der Waals surface area contributed by atoms with Gasteiger partial charge in [0, 0.05) is 25.1 Å². The van der Waals surface area contributed by atoms with Crippen molar-refractivity contribution >= 4 is 23.2 Å². The van der Waals surface area contributed by atoms with Gasteiger partial charge in [-0.2, -0.15) is 0 Å². The molecule has 6 heteroatoms. The number of fused-ring (bicyclic) bond motifs is 1. The molecule has 2 aliphatic rings. The van der Waals surface area contributed by atoms with Crippen LogP contribution in [-0.2, 0) is 16.0 Å². The Balaban J connectivity index is 1.47. The number of nitrogens with zero attached hydrogens (tertiary/aromatic N) is 1. The van der Waals surface area contributed by atoms with Gasteiger partial charge in [0.2, 0.25) is 11.8 Å². The number of carbonyl (C=O) groups excluding carboxylic acids is 2. The van der Waals surface area contributed by atoms with Crippen LogP contribution in [0, 0.1) is 5.92 Å². The molecule has 1 N–H and O–H groups in total. The third-order valence-electron chi connectivity index (χ3n) is 4.83. The van der Waals surface area contributed by atoms with Crippen LogP contribution in [0.25, 0.3) is 0 Å². The fraction of sp³-hybridized carbons (Fsp3) is 0.300. The highest BCUT2D eigenvalue weighted by atomic mass is 16.5. The molecule has 0 aromatic heterocycles. The molecule has 1 fully saturated rings. The summed E-state index contributed by atoms with van der Waals surface area (Å²) in [6, 6.07) is 13.0. The summed E-state index contributed by atoms with van der Waals surface area (Å²) in [6.45, 7) is 1.02. The van der Waals surface area contributed by atoms with E-state index in [9.17, 15) is 9.59 Å². The molecule has 2 aliphatic heterocycles. The molecule has 0 saturated carbocycles. The number of methoxy groups -OCH3 is 1. The van der Waals surface area contributed by atoms with E-state index in [1.165, 1.54) is 0 Å². The summed E-state index contributed by atoms with van der Waals surface area (Å²) in [5.41, 5.74) is 2.54. The summed E-state index contributed by atoms with van der Waals surface area (Å²) in [5, 5.41) is 2.93. The fourth-order valence-electron chi connectivity index (χ4n) is 3.48. The first-order valence-corrected chi connectivity index (χ1v) is 8.65.